The minimum Gasteiger partial charge on any atom is -0.388 e. The minimum absolute atomic E-state index is 0.521. The molecular weight excluding hydrogens is 226 g/mol. The van der Waals surface area contributed by atoms with Crippen LogP contribution in [0.4, 0.5) is 0 Å². The Labute approximate surface area is 107 Å². The Hall–Kier alpha value is -1.68. The third-order valence-corrected chi connectivity index (χ3v) is 3.06. The second-order valence-corrected chi connectivity index (χ2v) is 4.55. The van der Waals surface area contributed by atoms with Gasteiger partial charge in [-0.1, -0.05) is 6.07 Å². The zero-order valence-corrected chi connectivity index (χ0v) is 11.1. The molecule has 0 aromatic carbocycles. The van der Waals surface area contributed by atoms with E-state index in [1.54, 1.807) is 0 Å². The monoisotopic (exact) mass is 245 g/mol. The molecule has 2 rings (SSSR count). The van der Waals surface area contributed by atoms with Crippen LogP contribution in [0.2, 0.25) is 0 Å². The maximum atomic E-state index is 10.3. The van der Waals surface area contributed by atoms with Gasteiger partial charge in [0.25, 0.3) is 0 Å². The number of hydrogen-bond donors (Lipinski definition) is 1. The largest absolute Gasteiger partial charge is 0.388 e. The van der Waals surface area contributed by atoms with E-state index in [1.807, 2.05) is 50.0 Å². The molecule has 0 spiro atoms. The molecule has 2 aromatic rings. The van der Waals surface area contributed by atoms with Crippen molar-refractivity contribution in [3.63, 3.8) is 0 Å². The second-order valence-electron chi connectivity index (χ2n) is 4.55. The Kier molecular flexibility index (Phi) is 3.77. The number of pyridine rings is 1. The minimum atomic E-state index is -0.521. The normalized spacial score (nSPS) is 12.7. The molecule has 0 amide bonds. The average Bonchev–Trinajstić information content (AvgIpc) is 2.76. The molecule has 4 heteroatoms. The first-order chi connectivity index (χ1) is 8.60. The SMILES string of the molecule is CCn1cc(CC(O)c2ccc(C)nc2C)cn1. The van der Waals surface area contributed by atoms with Gasteiger partial charge in [-0.2, -0.15) is 5.10 Å². The zero-order chi connectivity index (χ0) is 13.1. The highest BCUT2D eigenvalue weighted by molar-refractivity contribution is 5.25. The first-order valence-corrected chi connectivity index (χ1v) is 6.23. The Morgan fingerprint density at radius 3 is 2.72 bits per heavy atom. The number of aromatic nitrogens is 3. The molecule has 2 heterocycles. The van der Waals surface area contributed by atoms with Crippen molar-refractivity contribution in [1.29, 1.82) is 0 Å². The summed E-state index contributed by atoms with van der Waals surface area (Å²) in [6, 6.07) is 3.88. The van der Waals surface area contributed by atoms with E-state index in [4.69, 9.17) is 0 Å². The van der Waals surface area contributed by atoms with Crippen LogP contribution in [0.25, 0.3) is 0 Å². The number of aryl methyl sites for hydroxylation is 3. The summed E-state index contributed by atoms with van der Waals surface area (Å²) in [5, 5.41) is 14.5. The predicted octanol–water partition coefficient (Wildman–Crippen LogP) is 2.19. The van der Waals surface area contributed by atoms with Gasteiger partial charge in [-0.15, -0.1) is 0 Å². The fourth-order valence-corrected chi connectivity index (χ4v) is 2.07. The van der Waals surface area contributed by atoms with Gasteiger partial charge in [0.2, 0.25) is 0 Å². The summed E-state index contributed by atoms with van der Waals surface area (Å²) in [5.74, 6) is 0. The molecule has 0 aliphatic rings. The highest BCUT2D eigenvalue weighted by atomic mass is 16.3. The smallest absolute Gasteiger partial charge is 0.0848 e. The van der Waals surface area contributed by atoms with Crippen molar-refractivity contribution in [2.24, 2.45) is 0 Å². The molecule has 0 saturated heterocycles. The first kappa shape index (κ1) is 12.8. The van der Waals surface area contributed by atoms with Crippen molar-refractivity contribution in [1.82, 2.24) is 14.8 Å². The topological polar surface area (TPSA) is 50.9 Å². The molecular formula is C14H19N3O. The van der Waals surface area contributed by atoms with Crippen molar-refractivity contribution in [3.05, 3.63) is 47.0 Å². The summed E-state index contributed by atoms with van der Waals surface area (Å²) < 4.78 is 1.86. The van der Waals surface area contributed by atoms with Crippen molar-refractivity contribution >= 4 is 0 Å². The maximum Gasteiger partial charge on any atom is 0.0848 e. The summed E-state index contributed by atoms with van der Waals surface area (Å²) in [6.45, 7) is 6.78. The molecule has 1 N–H and O–H groups in total. The van der Waals surface area contributed by atoms with E-state index in [0.29, 0.717) is 6.42 Å². The van der Waals surface area contributed by atoms with Crippen LogP contribution >= 0.6 is 0 Å². The third-order valence-electron chi connectivity index (χ3n) is 3.06. The molecule has 4 nitrogen and oxygen atoms in total. The van der Waals surface area contributed by atoms with E-state index < -0.39 is 6.10 Å². The van der Waals surface area contributed by atoms with Gasteiger partial charge in [-0.05, 0) is 32.4 Å². The van der Waals surface area contributed by atoms with E-state index in [0.717, 1.165) is 29.1 Å². The lowest BCUT2D eigenvalue weighted by molar-refractivity contribution is 0.177. The fraction of sp³-hybridized carbons (Fsp3) is 0.429. The maximum absolute atomic E-state index is 10.3. The standard InChI is InChI=1S/C14H19N3O/c1-4-17-9-12(8-15-17)7-14(18)13-6-5-10(2)16-11(13)3/h5-6,8-9,14,18H,4,7H2,1-3H3. The van der Waals surface area contributed by atoms with Gasteiger partial charge < -0.3 is 5.11 Å². The molecule has 1 unspecified atom stereocenters. The van der Waals surface area contributed by atoms with E-state index in [-0.39, 0.29) is 0 Å². The zero-order valence-electron chi connectivity index (χ0n) is 11.1. The van der Waals surface area contributed by atoms with Crippen LogP contribution in [0.3, 0.4) is 0 Å². The Balaban J connectivity index is 2.13. The predicted molar refractivity (Wildman–Crippen MR) is 70.3 cm³/mol. The average molecular weight is 245 g/mol. The molecule has 1 atom stereocenters. The molecule has 18 heavy (non-hydrogen) atoms. The molecule has 0 saturated carbocycles. The van der Waals surface area contributed by atoms with Gasteiger partial charge in [0.1, 0.15) is 0 Å². The molecule has 0 fully saturated rings. The highest BCUT2D eigenvalue weighted by Gasteiger charge is 2.13. The van der Waals surface area contributed by atoms with Gasteiger partial charge in [0.05, 0.1) is 12.3 Å². The van der Waals surface area contributed by atoms with E-state index in [1.165, 1.54) is 0 Å². The molecule has 0 radical (unpaired) electrons. The Bertz CT molecular complexity index is 534. The quantitative estimate of drug-likeness (QED) is 0.898. The molecule has 2 aromatic heterocycles. The van der Waals surface area contributed by atoms with E-state index in [9.17, 15) is 5.11 Å². The highest BCUT2D eigenvalue weighted by Crippen LogP contribution is 2.20. The summed E-state index contributed by atoms with van der Waals surface area (Å²) in [7, 11) is 0. The van der Waals surface area contributed by atoms with Crippen LogP contribution in [-0.2, 0) is 13.0 Å². The number of hydrogen-bond acceptors (Lipinski definition) is 3. The number of nitrogens with zero attached hydrogens (tertiary/aromatic N) is 3. The van der Waals surface area contributed by atoms with Gasteiger partial charge in [-0.25, -0.2) is 0 Å². The summed E-state index contributed by atoms with van der Waals surface area (Å²) in [6.07, 6.45) is 3.84. The second kappa shape index (κ2) is 5.31. The van der Waals surface area contributed by atoms with E-state index >= 15 is 0 Å². The van der Waals surface area contributed by atoms with Crippen LogP contribution < -0.4 is 0 Å². The summed E-state index contributed by atoms with van der Waals surface area (Å²) in [5.41, 5.74) is 3.81. The number of aliphatic hydroxyl groups is 1. The van der Waals surface area contributed by atoms with Crippen molar-refractivity contribution < 1.29 is 5.11 Å². The van der Waals surface area contributed by atoms with Crippen molar-refractivity contribution in [3.8, 4) is 0 Å². The molecule has 0 bridgehead atoms. The van der Waals surface area contributed by atoms with Crippen LogP contribution in [0, 0.1) is 13.8 Å². The van der Waals surface area contributed by atoms with Gasteiger partial charge in [0, 0.05) is 36.1 Å². The summed E-state index contributed by atoms with van der Waals surface area (Å²) >= 11 is 0. The third kappa shape index (κ3) is 2.76. The molecule has 96 valence electrons. The summed E-state index contributed by atoms with van der Waals surface area (Å²) in [4.78, 5) is 4.38. The Morgan fingerprint density at radius 1 is 1.33 bits per heavy atom. The number of aliphatic hydroxyl groups excluding tert-OH is 1. The lowest BCUT2D eigenvalue weighted by atomic mass is 10.0. The van der Waals surface area contributed by atoms with Crippen LogP contribution in [-0.4, -0.2) is 19.9 Å². The Morgan fingerprint density at radius 2 is 2.11 bits per heavy atom. The van der Waals surface area contributed by atoms with Gasteiger partial charge in [-0.3, -0.25) is 9.67 Å². The number of rotatable bonds is 4. The van der Waals surface area contributed by atoms with Crippen LogP contribution in [0.15, 0.2) is 24.5 Å². The van der Waals surface area contributed by atoms with Gasteiger partial charge >= 0.3 is 0 Å². The lowest BCUT2D eigenvalue weighted by Crippen LogP contribution is -2.05. The fourth-order valence-electron chi connectivity index (χ4n) is 2.07. The lowest BCUT2D eigenvalue weighted by Gasteiger charge is -2.12. The molecule has 0 aliphatic carbocycles. The van der Waals surface area contributed by atoms with Crippen LogP contribution in [0.5, 0.6) is 0 Å². The first-order valence-electron chi connectivity index (χ1n) is 6.23. The molecule has 0 aliphatic heterocycles. The van der Waals surface area contributed by atoms with E-state index in [2.05, 4.69) is 10.1 Å². The van der Waals surface area contributed by atoms with Gasteiger partial charge in [0.15, 0.2) is 0 Å². The van der Waals surface area contributed by atoms with Crippen molar-refractivity contribution in [2.45, 2.75) is 39.8 Å². The van der Waals surface area contributed by atoms with Crippen LogP contribution in [0.1, 0.15) is 35.5 Å². The van der Waals surface area contributed by atoms with Crippen molar-refractivity contribution in [2.75, 3.05) is 0 Å².